The average Bonchev–Trinajstić information content (AvgIpc) is 3.52. The van der Waals surface area contributed by atoms with Gasteiger partial charge < -0.3 is 20.1 Å². The zero-order valence-corrected chi connectivity index (χ0v) is 23.3. The Morgan fingerprint density at radius 2 is 1.80 bits per heavy atom. The number of ether oxygens (including phenoxy) is 1. The quantitative estimate of drug-likeness (QED) is 0.331. The Balaban J connectivity index is 1.29. The number of hydrogen-bond donors (Lipinski definition) is 2. The van der Waals surface area contributed by atoms with Crippen LogP contribution >= 0.6 is 11.6 Å². The van der Waals surface area contributed by atoms with Crippen molar-refractivity contribution in [2.24, 2.45) is 11.8 Å². The van der Waals surface area contributed by atoms with Crippen molar-refractivity contribution in [2.75, 3.05) is 38.2 Å². The number of benzene rings is 3. The number of phenolic OH excluding ortho intramolecular Hbond substituents is 1. The first-order chi connectivity index (χ1) is 19.9. The van der Waals surface area contributed by atoms with Crippen LogP contribution in [0.15, 0.2) is 36.4 Å². The first kappa shape index (κ1) is 25.4. The predicted octanol–water partition coefficient (Wildman–Crippen LogP) is 5.36. The average molecular weight is 578 g/mol. The molecule has 4 aromatic rings. The van der Waals surface area contributed by atoms with E-state index >= 15 is 8.78 Å². The van der Waals surface area contributed by atoms with Gasteiger partial charge in [0.05, 0.1) is 5.02 Å². The van der Waals surface area contributed by atoms with Crippen LogP contribution in [-0.2, 0) is 0 Å². The number of likely N-dealkylation sites (tertiary alicyclic amines) is 1. The zero-order valence-electron chi connectivity index (χ0n) is 22.6. The van der Waals surface area contributed by atoms with Gasteiger partial charge in [0.2, 0.25) is 0 Å². The molecule has 2 N–H and O–H groups in total. The standard InChI is InChI=1S/C31H30ClF2N5O2/c1-38-11-16-8-20(16)23(38)14-41-31-36-29-21(30(37-31)39-12-17-6-7-18(13-39)35-17)10-22(32)26(28(29)34)25-19-5-3-2-4-15(19)9-24(40)27(25)33/h2-5,9-10,16-18,20,23,35,40H,6-8,11-14H2,1H3/t16?,17?,18?,20?,23-/m1/s1. The second kappa shape index (κ2) is 9.37. The van der Waals surface area contributed by atoms with Gasteiger partial charge in [0.15, 0.2) is 17.4 Å². The maximum absolute atomic E-state index is 16.7. The van der Waals surface area contributed by atoms with E-state index in [9.17, 15) is 5.11 Å². The van der Waals surface area contributed by atoms with E-state index in [-0.39, 0.29) is 33.7 Å². The van der Waals surface area contributed by atoms with Gasteiger partial charge in [-0.15, -0.1) is 0 Å². The molecule has 212 valence electrons. The topological polar surface area (TPSA) is 73.8 Å². The zero-order chi connectivity index (χ0) is 28.0. The second-order valence-corrected chi connectivity index (χ2v) is 12.5. The lowest BCUT2D eigenvalue weighted by Crippen LogP contribution is -2.51. The minimum absolute atomic E-state index is 0.0196. The smallest absolute Gasteiger partial charge is 0.319 e. The number of nitrogens with one attached hydrogen (secondary N) is 1. The van der Waals surface area contributed by atoms with E-state index in [0.717, 1.165) is 38.4 Å². The largest absolute Gasteiger partial charge is 0.505 e. The molecule has 1 aromatic heterocycles. The summed E-state index contributed by atoms with van der Waals surface area (Å²) in [6.45, 7) is 2.93. The van der Waals surface area contributed by atoms with Crippen molar-refractivity contribution < 1.29 is 18.6 Å². The molecule has 4 unspecified atom stereocenters. The van der Waals surface area contributed by atoms with E-state index in [4.69, 9.17) is 21.3 Å². The van der Waals surface area contributed by atoms with Crippen molar-refractivity contribution in [3.05, 3.63) is 53.1 Å². The van der Waals surface area contributed by atoms with Crippen molar-refractivity contribution in [2.45, 2.75) is 37.4 Å². The molecular formula is C31H30ClF2N5O2. The number of nitrogens with zero attached hydrogens (tertiary/aromatic N) is 4. The summed E-state index contributed by atoms with van der Waals surface area (Å²) >= 11 is 6.76. The number of aromatic hydroxyl groups is 1. The van der Waals surface area contributed by atoms with Gasteiger partial charge >= 0.3 is 6.01 Å². The number of rotatable bonds is 5. The van der Waals surface area contributed by atoms with Gasteiger partial charge in [0.25, 0.3) is 0 Å². The van der Waals surface area contributed by atoms with Crippen LogP contribution in [0.1, 0.15) is 19.3 Å². The van der Waals surface area contributed by atoms with Gasteiger partial charge in [-0.3, -0.25) is 4.90 Å². The highest BCUT2D eigenvalue weighted by Gasteiger charge is 2.51. The predicted molar refractivity (Wildman–Crippen MR) is 155 cm³/mol. The fourth-order valence-electron chi connectivity index (χ4n) is 7.41. The normalized spacial score (nSPS) is 27.1. The van der Waals surface area contributed by atoms with Gasteiger partial charge in [-0.25, -0.2) is 8.78 Å². The molecule has 2 bridgehead atoms. The third-order valence-corrected chi connectivity index (χ3v) is 9.82. The van der Waals surface area contributed by atoms with E-state index in [0.29, 0.717) is 46.6 Å². The molecule has 3 aliphatic heterocycles. The SMILES string of the molecule is CN1CC2CC2[C@H]1COc1nc(N2CC3CCC(C2)N3)c2cc(Cl)c(-c3c(F)c(O)cc4ccccc34)c(F)c2n1. The Bertz CT molecular complexity index is 1710. The second-order valence-electron chi connectivity index (χ2n) is 12.1. The molecule has 3 aromatic carbocycles. The lowest BCUT2D eigenvalue weighted by molar-refractivity contribution is 0.167. The minimum Gasteiger partial charge on any atom is -0.505 e. The van der Waals surface area contributed by atoms with Crippen LogP contribution in [0.3, 0.4) is 0 Å². The molecule has 8 rings (SSSR count). The third kappa shape index (κ3) is 4.12. The molecule has 7 nitrogen and oxygen atoms in total. The number of halogens is 3. The van der Waals surface area contributed by atoms with Crippen LogP contribution in [0.25, 0.3) is 32.8 Å². The summed E-state index contributed by atoms with van der Waals surface area (Å²) in [5, 5.41) is 15.5. The lowest BCUT2D eigenvalue weighted by atomic mass is 9.95. The Morgan fingerprint density at radius 1 is 1.02 bits per heavy atom. The van der Waals surface area contributed by atoms with Gasteiger partial charge in [-0.05, 0) is 61.1 Å². The summed E-state index contributed by atoms with van der Waals surface area (Å²) in [6, 6.07) is 10.9. The third-order valence-electron chi connectivity index (χ3n) is 9.52. The van der Waals surface area contributed by atoms with Gasteiger partial charge in [0, 0.05) is 54.3 Å². The lowest BCUT2D eigenvalue weighted by Gasteiger charge is -2.34. The van der Waals surface area contributed by atoms with Crippen molar-refractivity contribution in [3.63, 3.8) is 0 Å². The molecule has 4 aliphatic rings. The number of fused-ring (bicyclic) bond motifs is 5. The molecule has 4 fully saturated rings. The molecule has 10 heteroatoms. The summed E-state index contributed by atoms with van der Waals surface area (Å²) in [5.74, 6) is -0.358. The van der Waals surface area contributed by atoms with Gasteiger partial charge in [0.1, 0.15) is 17.9 Å². The maximum Gasteiger partial charge on any atom is 0.319 e. The fourth-order valence-corrected chi connectivity index (χ4v) is 7.70. The summed E-state index contributed by atoms with van der Waals surface area (Å²) in [4.78, 5) is 13.8. The van der Waals surface area contributed by atoms with E-state index in [1.165, 1.54) is 12.5 Å². The van der Waals surface area contributed by atoms with E-state index < -0.39 is 17.4 Å². The number of piperazine rings is 1. The molecule has 1 saturated carbocycles. The summed E-state index contributed by atoms with van der Waals surface area (Å²) in [7, 11) is 2.10. The number of phenols is 1. The molecule has 1 aliphatic carbocycles. The van der Waals surface area contributed by atoms with Crippen LogP contribution in [-0.4, -0.2) is 71.4 Å². The fraction of sp³-hybridized carbons (Fsp3) is 0.419. The number of aromatic nitrogens is 2. The van der Waals surface area contributed by atoms with E-state index in [1.807, 2.05) is 0 Å². The number of piperidine rings is 1. The van der Waals surface area contributed by atoms with Gasteiger partial charge in [-0.2, -0.15) is 9.97 Å². The summed E-state index contributed by atoms with van der Waals surface area (Å²) in [5.41, 5.74) is -0.220. The van der Waals surface area contributed by atoms with Crippen LogP contribution in [0.5, 0.6) is 11.8 Å². The Labute approximate surface area is 241 Å². The van der Waals surface area contributed by atoms with Crippen molar-refractivity contribution in [3.8, 4) is 22.9 Å². The molecule has 0 radical (unpaired) electrons. The molecular weight excluding hydrogens is 548 g/mol. The van der Waals surface area contributed by atoms with Crippen LogP contribution < -0.4 is 15.0 Å². The number of anilines is 1. The highest BCUT2D eigenvalue weighted by molar-refractivity contribution is 6.35. The summed E-state index contributed by atoms with van der Waals surface area (Å²) in [6.07, 6.45) is 3.37. The molecule has 0 amide bonds. The summed E-state index contributed by atoms with van der Waals surface area (Å²) < 4.78 is 38.4. The molecule has 0 spiro atoms. The Morgan fingerprint density at radius 3 is 2.56 bits per heavy atom. The Kier molecular flexibility index (Phi) is 5.82. The Hall–Kier alpha value is -3.27. The minimum atomic E-state index is -0.934. The highest BCUT2D eigenvalue weighted by atomic mass is 35.5. The van der Waals surface area contributed by atoms with E-state index in [2.05, 4.69) is 27.1 Å². The first-order valence-electron chi connectivity index (χ1n) is 14.3. The monoisotopic (exact) mass is 577 g/mol. The van der Waals surface area contributed by atoms with Crippen molar-refractivity contribution in [1.82, 2.24) is 20.2 Å². The highest BCUT2D eigenvalue weighted by Crippen LogP contribution is 2.49. The molecule has 4 heterocycles. The molecule has 3 saturated heterocycles. The maximum atomic E-state index is 16.7. The molecule has 5 atom stereocenters. The van der Waals surface area contributed by atoms with Crippen LogP contribution in [0, 0.1) is 23.5 Å². The van der Waals surface area contributed by atoms with Crippen LogP contribution in [0.2, 0.25) is 5.02 Å². The first-order valence-corrected chi connectivity index (χ1v) is 14.7. The van der Waals surface area contributed by atoms with E-state index in [1.54, 1.807) is 30.3 Å². The molecule has 41 heavy (non-hydrogen) atoms. The van der Waals surface area contributed by atoms with Gasteiger partial charge in [-0.1, -0.05) is 35.9 Å². The van der Waals surface area contributed by atoms with Crippen LogP contribution in [0.4, 0.5) is 14.6 Å². The number of hydrogen-bond acceptors (Lipinski definition) is 7. The van der Waals surface area contributed by atoms with Crippen molar-refractivity contribution in [1.29, 1.82) is 0 Å². The number of likely N-dealkylation sites (N-methyl/N-ethyl adjacent to an activating group) is 1. The van der Waals surface area contributed by atoms with Crippen molar-refractivity contribution >= 4 is 39.1 Å².